The summed E-state index contributed by atoms with van der Waals surface area (Å²) in [6.45, 7) is 1.14. The van der Waals surface area contributed by atoms with E-state index in [1.807, 2.05) is 29.2 Å². The van der Waals surface area contributed by atoms with Crippen molar-refractivity contribution in [2.24, 2.45) is 0 Å². The van der Waals surface area contributed by atoms with E-state index in [1.165, 1.54) is 0 Å². The van der Waals surface area contributed by atoms with Crippen molar-refractivity contribution >= 4 is 21.8 Å². The van der Waals surface area contributed by atoms with Gasteiger partial charge in [0.1, 0.15) is 5.75 Å². The second-order valence-electron chi connectivity index (χ2n) is 8.23. The predicted molar refractivity (Wildman–Crippen MR) is 105 cm³/mol. The van der Waals surface area contributed by atoms with Crippen LogP contribution in [0.15, 0.2) is 42.5 Å². The van der Waals surface area contributed by atoms with Gasteiger partial charge in [-0.25, -0.2) is 8.78 Å². The van der Waals surface area contributed by atoms with Crippen LogP contribution in [0.2, 0.25) is 0 Å². The largest absolute Gasteiger partial charge is 0.497 e. The molecule has 1 aliphatic heterocycles. The lowest BCUT2D eigenvalue weighted by molar-refractivity contribution is 0.0698. The molecule has 0 saturated heterocycles. The number of fused-ring (bicyclic) bond motifs is 2. The van der Waals surface area contributed by atoms with Gasteiger partial charge in [0.25, 0.3) is 5.91 Å². The van der Waals surface area contributed by atoms with Gasteiger partial charge < -0.3 is 9.64 Å². The van der Waals surface area contributed by atoms with Crippen LogP contribution >= 0.6 is 15.9 Å². The van der Waals surface area contributed by atoms with Gasteiger partial charge in [0, 0.05) is 30.5 Å². The summed E-state index contributed by atoms with van der Waals surface area (Å²) in [4.78, 5) is 15.0. The summed E-state index contributed by atoms with van der Waals surface area (Å²) in [7, 11) is 1.62. The molecule has 5 rings (SSSR count). The van der Waals surface area contributed by atoms with Crippen LogP contribution in [-0.2, 0) is 17.6 Å². The highest BCUT2D eigenvalue weighted by molar-refractivity contribution is 9.10. The molecule has 0 aromatic heterocycles. The third-order valence-corrected chi connectivity index (χ3v) is 7.27. The highest BCUT2D eigenvalue weighted by Crippen LogP contribution is 2.66. The van der Waals surface area contributed by atoms with Crippen molar-refractivity contribution in [3.8, 4) is 5.75 Å². The minimum atomic E-state index is -2.00. The van der Waals surface area contributed by atoms with Gasteiger partial charge in [-0.15, -0.1) is 0 Å². The summed E-state index contributed by atoms with van der Waals surface area (Å²) in [6, 6.07) is 12.7. The van der Waals surface area contributed by atoms with E-state index in [0.717, 1.165) is 29.7 Å². The van der Waals surface area contributed by atoms with E-state index in [4.69, 9.17) is 4.74 Å². The van der Waals surface area contributed by atoms with Gasteiger partial charge in [-0.05, 0) is 63.7 Å². The van der Waals surface area contributed by atoms with E-state index in [1.54, 1.807) is 25.3 Å². The van der Waals surface area contributed by atoms with Crippen LogP contribution in [0.1, 0.15) is 46.3 Å². The molecule has 28 heavy (non-hydrogen) atoms. The molecule has 6 heteroatoms. The van der Waals surface area contributed by atoms with E-state index in [9.17, 15) is 13.6 Å². The Hall–Kier alpha value is -1.95. The molecule has 0 N–H and O–H groups in total. The smallest absolute Gasteiger partial charge is 0.254 e. The van der Waals surface area contributed by atoms with Gasteiger partial charge in [0.05, 0.1) is 7.11 Å². The van der Waals surface area contributed by atoms with Crippen molar-refractivity contribution < 1.29 is 18.3 Å². The van der Waals surface area contributed by atoms with Crippen molar-refractivity contribution in [1.29, 1.82) is 0 Å². The first-order chi connectivity index (χ1) is 13.3. The standard InChI is InChI=1S/C22H20BrF2NO2/c1-28-16-5-2-14(3-6-16)11-26-13-20(8-9-20)18-10-15(4-7-17(18)19(26)27)21(24)12-22(21,23)25/h2-7,10H,8-9,11-13H2,1H3. The molecule has 2 aromatic carbocycles. The molecule has 2 saturated carbocycles. The van der Waals surface area contributed by atoms with E-state index in [2.05, 4.69) is 15.9 Å². The van der Waals surface area contributed by atoms with Crippen molar-refractivity contribution in [2.75, 3.05) is 13.7 Å². The fraction of sp³-hybridized carbons (Fsp3) is 0.409. The Bertz CT molecular complexity index is 971. The number of carbonyl (C=O) groups excluding carboxylic acids is 1. The Morgan fingerprint density at radius 1 is 1.14 bits per heavy atom. The van der Waals surface area contributed by atoms with Crippen molar-refractivity contribution in [1.82, 2.24) is 4.90 Å². The molecule has 1 heterocycles. The number of ether oxygens (including phenoxy) is 1. The summed E-state index contributed by atoms with van der Waals surface area (Å²) in [6.07, 6.45) is 1.73. The van der Waals surface area contributed by atoms with Gasteiger partial charge in [0.15, 0.2) is 5.67 Å². The molecular weight excluding hydrogens is 428 g/mol. The lowest BCUT2D eigenvalue weighted by Gasteiger charge is -2.35. The number of amides is 1. The summed E-state index contributed by atoms with van der Waals surface area (Å²) >= 11 is 2.83. The molecule has 2 fully saturated rings. The molecule has 146 valence electrons. The Balaban J connectivity index is 1.45. The maximum absolute atomic E-state index is 14.8. The third kappa shape index (κ3) is 2.60. The van der Waals surface area contributed by atoms with Crippen LogP contribution in [0.5, 0.6) is 5.75 Å². The average molecular weight is 448 g/mol. The number of rotatable bonds is 4. The topological polar surface area (TPSA) is 29.5 Å². The van der Waals surface area contributed by atoms with Crippen LogP contribution in [0.25, 0.3) is 0 Å². The number of nitrogens with zero attached hydrogens (tertiary/aromatic N) is 1. The number of halogens is 3. The van der Waals surface area contributed by atoms with Gasteiger partial charge >= 0.3 is 0 Å². The number of hydrogen-bond donors (Lipinski definition) is 0. The second-order valence-corrected chi connectivity index (χ2v) is 9.49. The predicted octanol–water partition coefficient (Wildman–Crippen LogP) is 5.01. The fourth-order valence-electron chi connectivity index (χ4n) is 4.34. The van der Waals surface area contributed by atoms with E-state index >= 15 is 0 Å². The van der Waals surface area contributed by atoms with Crippen LogP contribution in [-0.4, -0.2) is 29.0 Å². The van der Waals surface area contributed by atoms with Gasteiger partial charge in [-0.3, -0.25) is 4.79 Å². The molecule has 2 atom stereocenters. The first-order valence-electron chi connectivity index (χ1n) is 9.42. The number of hydrogen-bond acceptors (Lipinski definition) is 2. The van der Waals surface area contributed by atoms with E-state index < -0.39 is 10.2 Å². The minimum Gasteiger partial charge on any atom is -0.497 e. The zero-order valence-electron chi connectivity index (χ0n) is 15.5. The van der Waals surface area contributed by atoms with Crippen LogP contribution < -0.4 is 4.74 Å². The summed E-state index contributed by atoms with van der Waals surface area (Å²) in [5.41, 5.74) is 0.738. The zero-order valence-corrected chi connectivity index (χ0v) is 17.1. The van der Waals surface area contributed by atoms with E-state index in [0.29, 0.717) is 24.2 Å². The molecule has 2 aromatic rings. The van der Waals surface area contributed by atoms with Gasteiger partial charge in [0.2, 0.25) is 4.58 Å². The van der Waals surface area contributed by atoms with Gasteiger partial charge in [-0.1, -0.05) is 24.3 Å². The molecule has 3 aliphatic rings. The lowest BCUT2D eigenvalue weighted by Crippen LogP contribution is -2.43. The SMILES string of the molecule is COc1ccc(CN2CC3(CC3)c3cc(C4(F)CC4(F)Br)ccc3C2=O)cc1. The van der Waals surface area contributed by atoms with Crippen molar-refractivity contribution in [2.45, 2.75) is 41.5 Å². The van der Waals surface area contributed by atoms with Crippen LogP contribution in [0.4, 0.5) is 8.78 Å². The Morgan fingerprint density at radius 2 is 1.82 bits per heavy atom. The number of benzene rings is 2. The molecule has 1 spiro atoms. The third-order valence-electron chi connectivity index (χ3n) is 6.37. The van der Waals surface area contributed by atoms with Crippen LogP contribution in [0.3, 0.4) is 0 Å². The number of alkyl halides is 3. The summed E-state index contributed by atoms with van der Waals surface area (Å²) < 4.78 is 32.1. The highest BCUT2D eigenvalue weighted by Gasteiger charge is 2.71. The molecule has 2 unspecified atom stereocenters. The minimum absolute atomic E-state index is 0.0519. The van der Waals surface area contributed by atoms with Crippen LogP contribution in [0, 0.1) is 0 Å². The normalized spacial score (nSPS) is 29.6. The second kappa shape index (κ2) is 5.78. The Labute approximate surface area is 170 Å². The number of methoxy groups -OCH3 is 1. The Kier molecular flexibility index (Phi) is 3.74. The quantitative estimate of drug-likeness (QED) is 0.616. The Morgan fingerprint density at radius 3 is 2.39 bits per heavy atom. The molecule has 2 aliphatic carbocycles. The molecular formula is C22H20BrF2NO2. The number of carbonyl (C=O) groups is 1. The fourth-order valence-corrected chi connectivity index (χ4v) is 4.96. The van der Waals surface area contributed by atoms with Crippen molar-refractivity contribution in [3.63, 3.8) is 0 Å². The highest BCUT2D eigenvalue weighted by atomic mass is 79.9. The molecule has 3 nitrogen and oxygen atoms in total. The maximum Gasteiger partial charge on any atom is 0.254 e. The zero-order chi connectivity index (χ0) is 19.7. The summed E-state index contributed by atoms with van der Waals surface area (Å²) in [5.74, 6) is 0.727. The molecule has 0 bridgehead atoms. The molecule has 0 radical (unpaired) electrons. The lowest BCUT2D eigenvalue weighted by atomic mass is 9.84. The first kappa shape index (κ1) is 18.1. The van der Waals surface area contributed by atoms with Crippen molar-refractivity contribution in [3.05, 3.63) is 64.7 Å². The first-order valence-corrected chi connectivity index (χ1v) is 10.2. The van der Waals surface area contributed by atoms with Gasteiger partial charge in [-0.2, -0.15) is 0 Å². The van der Waals surface area contributed by atoms with E-state index in [-0.39, 0.29) is 17.7 Å². The monoisotopic (exact) mass is 447 g/mol. The maximum atomic E-state index is 14.8. The summed E-state index contributed by atoms with van der Waals surface area (Å²) in [5, 5.41) is 0. The average Bonchev–Trinajstić information content (AvgIpc) is 3.56. The molecule has 1 amide bonds.